The Bertz CT molecular complexity index is 1680. The van der Waals surface area contributed by atoms with E-state index in [1.54, 1.807) is 29.2 Å². The monoisotopic (exact) mass is 657 g/mol. The molecule has 0 aliphatic carbocycles. The fourth-order valence-electron chi connectivity index (χ4n) is 6.93. The van der Waals surface area contributed by atoms with Gasteiger partial charge in [-0.2, -0.15) is 0 Å². The van der Waals surface area contributed by atoms with E-state index < -0.39 is 47.1 Å². The van der Waals surface area contributed by atoms with E-state index in [0.29, 0.717) is 17.1 Å². The lowest BCUT2D eigenvalue weighted by Gasteiger charge is -2.40. The van der Waals surface area contributed by atoms with Crippen molar-refractivity contribution in [3.63, 3.8) is 0 Å². The van der Waals surface area contributed by atoms with Crippen LogP contribution in [0.1, 0.15) is 54.6 Å². The number of rotatable bonds is 8. The second kappa shape index (κ2) is 12.2. The number of amides is 1. The number of ether oxygens (including phenoxy) is 1. The summed E-state index contributed by atoms with van der Waals surface area (Å²) in [7, 11) is 1.36. The molecule has 4 atom stereocenters. The van der Waals surface area contributed by atoms with Gasteiger partial charge in [0.05, 0.1) is 29.4 Å². The second-order valence-electron chi connectivity index (χ2n) is 12.7. The van der Waals surface area contributed by atoms with Crippen molar-refractivity contribution < 1.29 is 33.7 Å². The number of carboxylic acid groups (broad SMARTS) is 2. The highest BCUT2D eigenvalue weighted by molar-refractivity contribution is 6.31. The molecule has 0 unspecified atom stereocenters. The fraction of sp³-hybridized carbons (Fsp3) is 0.364. The molecule has 2 aliphatic heterocycles. The van der Waals surface area contributed by atoms with Crippen molar-refractivity contribution in [2.45, 2.75) is 50.6 Å². The lowest BCUT2D eigenvalue weighted by atomic mass is 9.63. The molecule has 1 saturated heterocycles. The van der Waals surface area contributed by atoms with Crippen molar-refractivity contribution in [3.05, 3.63) is 87.2 Å². The number of aliphatic carboxylic acids is 1. The second-order valence-corrected chi connectivity index (χ2v) is 13.6. The Morgan fingerprint density at radius 1 is 1.11 bits per heavy atom. The van der Waals surface area contributed by atoms with Crippen molar-refractivity contribution in [1.82, 2.24) is 5.32 Å². The lowest BCUT2D eigenvalue weighted by molar-refractivity contribution is -0.135. The molecule has 45 heavy (non-hydrogen) atoms. The van der Waals surface area contributed by atoms with E-state index in [2.05, 4.69) is 31.4 Å². The first-order valence-electron chi connectivity index (χ1n) is 14.3. The zero-order valence-electron chi connectivity index (χ0n) is 25.2. The smallest absolute Gasteiger partial charge is 0.335 e. The third kappa shape index (κ3) is 6.06. The van der Waals surface area contributed by atoms with Crippen LogP contribution >= 0.6 is 23.2 Å². The number of hydrogen-bond donors (Lipinski definition) is 4. The molecule has 0 aromatic heterocycles. The van der Waals surface area contributed by atoms with Gasteiger partial charge in [-0.25, -0.2) is 9.18 Å². The van der Waals surface area contributed by atoms with E-state index in [4.69, 9.17) is 27.9 Å². The minimum absolute atomic E-state index is 0.0216. The molecular weight excluding hydrogens is 624 g/mol. The number of benzene rings is 3. The average Bonchev–Trinajstić information content (AvgIpc) is 3.43. The molecule has 3 aromatic rings. The Morgan fingerprint density at radius 2 is 1.84 bits per heavy atom. The Morgan fingerprint density at radius 3 is 2.49 bits per heavy atom. The number of fused-ring (bicyclic) bond motifs is 2. The first-order chi connectivity index (χ1) is 21.2. The summed E-state index contributed by atoms with van der Waals surface area (Å²) in [6.45, 7) is 6.02. The number of hydrogen-bond acceptors (Lipinski definition) is 6. The zero-order valence-corrected chi connectivity index (χ0v) is 26.7. The topological polar surface area (TPSA) is 128 Å². The van der Waals surface area contributed by atoms with Crippen LogP contribution in [0.25, 0.3) is 0 Å². The summed E-state index contributed by atoms with van der Waals surface area (Å²) in [4.78, 5) is 39.6. The van der Waals surface area contributed by atoms with Gasteiger partial charge in [-0.15, -0.1) is 0 Å². The number of anilines is 2. The summed E-state index contributed by atoms with van der Waals surface area (Å²) < 4.78 is 21.5. The number of halogens is 3. The van der Waals surface area contributed by atoms with E-state index in [0.717, 1.165) is 5.56 Å². The molecule has 1 fully saturated rings. The summed E-state index contributed by atoms with van der Waals surface area (Å²) in [5.41, 5.74) is 0.523. The van der Waals surface area contributed by atoms with E-state index in [9.17, 15) is 24.6 Å². The van der Waals surface area contributed by atoms with Gasteiger partial charge in [0.2, 0.25) is 5.91 Å². The number of nitrogens with zero attached hydrogens (tertiary/aromatic N) is 1. The minimum atomic E-state index is -1.15. The Labute approximate surface area is 270 Å². The van der Waals surface area contributed by atoms with Gasteiger partial charge in [0, 0.05) is 34.6 Å². The van der Waals surface area contributed by atoms with Crippen LogP contribution in [0.2, 0.25) is 10.0 Å². The van der Waals surface area contributed by atoms with Crippen LogP contribution in [0.15, 0.2) is 54.6 Å². The molecule has 3 aromatic carbocycles. The average molecular weight is 659 g/mol. The first-order valence-corrected chi connectivity index (χ1v) is 15.1. The summed E-state index contributed by atoms with van der Waals surface area (Å²) in [6, 6.07) is 12.6. The van der Waals surface area contributed by atoms with E-state index >= 15 is 4.39 Å². The van der Waals surface area contributed by atoms with E-state index in [-0.39, 0.29) is 46.1 Å². The predicted molar refractivity (Wildman–Crippen MR) is 170 cm³/mol. The molecular formula is C33H34Cl2FN3O6. The number of nitrogens with one attached hydrogen (secondary N) is 2. The van der Waals surface area contributed by atoms with Gasteiger partial charge in [0.1, 0.15) is 18.1 Å². The van der Waals surface area contributed by atoms with Gasteiger partial charge in [-0.05, 0) is 59.4 Å². The molecule has 0 radical (unpaired) electrons. The van der Waals surface area contributed by atoms with Crippen molar-refractivity contribution >= 4 is 52.4 Å². The number of carbonyl (C=O) groups excluding carboxylic acids is 1. The molecule has 0 saturated carbocycles. The van der Waals surface area contributed by atoms with Crippen LogP contribution in [0.3, 0.4) is 0 Å². The quantitative estimate of drug-likeness (QED) is 0.226. The fourth-order valence-corrected chi connectivity index (χ4v) is 7.27. The molecule has 12 heteroatoms. The van der Waals surface area contributed by atoms with Crippen LogP contribution in [-0.4, -0.2) is 60.3 Å². The van der Waals surface area contributed by atoms with Crippen molar-refractivity contribution in [1.29, 1.82) is 0 Å². The molecule has 5 rings (SSSR count). The van der Waals surface area contributed by atoms with Gasteiger partial charge < -0.3 is 30.5 Å². The summed E-state index contributed by atoms with van der Waals surface area (Å²) in [5.74, 6) is -4.10. The van der Waals surface area contributed by atoms with Crippen LogP contribution < -0.4 is 20.3 Å². The van der Waals surface area contributed by atoms with E-state index in [1.807, 2.05) is 6.07 Å². The third-order valence-corrected chi connectivity index (χ3v) is 9.12. The zero-order chi connectivity index (χ0) is 32.8. The van der Waals surface area contributed by atoms with Crippen molar-refractivity contribution in [3.8, 4) is 5.75 Å². The maximum absolute atomic E-state index is 16.1. The SMILES string of the molecule is COc1cc(C(=O)O)ccc1NC(=O)[C@@H]1N[C@@H](CC(C)(C)C)[C@@]2(CN(CC(=O)O)c3cc(Cl)ccc32)[C@H]1c1cccc(Cl)c1F. The predicted octanol–water partition coefficient (Wildman–Crippen LogP) is 6.18. The number of carboxylic acids is 2. The summed E-state index contributed by atoms with van der Waals surface area (Å²) in [6.07, 6.45) is 0.551. The largest absolute Gasteiger partial charge is 0.495 e. The number of methoxy groups -OCH3 is 1. The molecule has 2 heterocycles. The highest BCUT2D eigenvalue weighted by Gasteiger charge is 2.63. The van der Waals surface area contributed by atoms with Gasteiger partial charge in [0.15, 0.2) is 0 Å². The first kappa shape index (κ1) is 32.5. The standard InChI is InChI=1S/C33H34Cl2FN3O6/c1-32(2,3)14-25-33(16-39(15-26(40)41)23-13-18(34)9-10-20(23)33)27(19-6-5-7-21(35)28(19)36)29(38-25)30(42)37-22-11-8-17(31(43)44)12-24(22)45-4/h5-13,25,27,29,38H,14-16H2,1-4H3,(H,37,42)(H,40,41)(H,43,44)/t25-,27-,29+,33-/m0/s1. The van der Waals surface area contributed by atoms with Crippen LogP contribution in [-0.2, 0) is 15.0 Å². The molecule has 4 N–H and O–H groups in total. The lowest BCUT2D eigenvalue weighted by Crippen LogP contribution is -2.48. The maximum Gasteiger partial charge on any atom is 0.335 e. The minimum Gasteiger partial charge on any atom is -0.495 e. The van der Waals surface area contributed by atoms with Gasteiger partial charge >= 0.3 is 11.9 Å². The summed E-state index contributed by atoms with van der Waals surface area (Å²) in [5, 5.41) is 26.0. The van der Waals surface area contributed by atoms with Crippen molar-refractivity contribution in [2.75, 3.05) is 30.4 Å². The molecule has 2 aliphatic rings. The molecule has 9 nitrogen and oxygen atoms in total. The van der Waals surface area contributed by atoms with Crippen LogP contribution in [0.5, 0.6) is 5.75 Å². The van der Waals surface area contributed by atoms with Gasteiger partial charge in [-0.1, -0.05) is 62.2 Å². The molecule has 1 spiro atoms. The highest BCUT2D eigenvalue weighted by Crippen LogP contribution is 2.58. The van der Waals surface area contributed by atoms with Gasteiger partial charge in [0.25, 0.3) is 0 Å². The Balaban J connectivity index is 1.71. The van der Waals surface area contributed by atoms with Gasteiger partial charge in [-0.3, -0.25) is 9.59 Å². The maximum atomic E-state index is 16.1. The highest BCUT2D eigenvalue weighted by atomic mass is 35.5. The van der Waals surface area contributed by atoms with Crippen LogP contribution in [0.4, 0.5) is 15.8 Å². The van der Waals surface area contributed by atoms with Crippen molar-refractivity contribution in [2.24, 2.45) is 5.41 Å². The third-order valence-electron chi connectivity index (χ3n) is 8.59. The molecule has 238 valence electrons. The Hall–Kier alpha value is -3.86. The number of carbonyl (C=O) groups is 3. The number of aromatic carboxylic acids is 1. The van der Waals surface area contributed by atoms with Crippen LogP contribution in [0, 0.1) is 11.2 Å². The summed E-state index contributed by atoms with van der Waals surface area (Å²) >= 11 is 12.7. The van der Waals surface area contributed by atoms with E-state index in [1.165, 1.54) is 31.4 Å². The Kier molecular flexibility index (Phi) is 8.78. The molecule has 0 bridgehead atoms. The molecule has 1 amide bonds. The normalized spacial score (nSPS) is 22.4.